The number of fused-ring (bicyclic) bond motifs is 1. The highest BCUT2D eigenvalue weighted by Crippen LogP contribution is 2.31. The van der Waals surface area contributed by atoms with Gasteiger partial charge in [0.15, 0.2) is 10.9 Å². The fourth-order valence-corrected chi connectivity index (χ4v) is 4.42. The number of thioether (sulfide) groups is 1. The molecule has 0 bridgehead atoms. The third kappa shape index (κ3) is 3.44. The van der Waals surface area contributed by atoms with E-state index in [4.69, 9.17) is 0 Å². The van der Waals surface area contributed by atoms with Gasteiger partial charge >= 0.3 is 0 Å². The van der Waals surface area contributed by atoms with E-state index in [2.05, 4.69) is 9.97 Å². The standard InChI is InChI=1S/C16H17N3O3S2/c1-2-24(21,22)19-9-6-12-10-13(4-5-14(12)19)15(20)11-23-16-17-7-3-8-18-16/h3-5,7-8,10H,2,6,9,11H2,1H3. The number of carbonyl (C=O) groups excluding carboxylic acids is 1. The molecule has 0 N–H and O–H groups in total. The van der Waals surface area contributed by atoms with Crippen LogP contribution in [0.25, 0.3) is 0 Å². The average Bonchev–Trinajstić information content (AvgIpc) is 3.04. The topological polar surface area (TPSA) is 80.2 Å². The third-order valence-corrected chi connectivity index (χ3v) is 6.49. The van der Waals surface area contributed by atoms with Crippen molar-refractivity contribution in [2.45, 2.75) is 18.5 Å². The maximum Gasteiger partial charge on any atom is 0.234 e. The second-order valence-electron chi connectivity index (χ2n) is 5.31. The summed E-state index contributed by atoms with van der Waals surface area (Å²) in [5.74, 6) is 0.299. The van der Waals surface area contributed by atoms with Gasteiger partial charge < -0.3 is 0 Å². The van der Waals surface area contributed by atoms with Gasteiger partial charge in [-0.25, -0.2) is 18.4 Å². The zero-order valence-corrected chi connectivity index (χ0v) is 14.8. The van der Waals surface area contributed by atoms with Crippen LogP contribution < -0.4 is 4.31 Å². The first-order valence-electron chi connectivity index (χ1n) is 7.57. The summed E-state index contributed by atoms with van der Waals surface area (Å²) in [7, 11) is -3.26. The van der Waals surface area contributed by atoms with Gasteiger partial charge in [0.1, 0.15) is 0 Å². The summed E-state index contributed by atoms with van der Waals surface area (Å²) in [4.78, 5) is 20.5. The van der Waals surface area contributed by atoms with E-state index in [9.17, 15) is 13.2 Å². The minimum atomic E-state index is -3.26. The molecule has 1 aliphatic rings. The Labute approximate surface area is 145 Å². The number of hydrogen-bond donors (Lipinski definition) is 0. The van der Waals surface area contributed by atoms with Crippen LogP contribution in [0.1, 0.15) is 22.8 Å². The number of hydrogen-bond acceptors (Lipinski definition) is 6. The Bertz CT molecular complexity index is 854. The number of aromatic nitrogens is 2. The van der Waals surface area contributed by atoms with Crippen molar-refractivity contribution in [3.63, 3.8) is 0 Å². The predicted molar refractivity (Wildman–Crippen MR) is 94.0 cm³/mol. The number of Topliss-reactive ketones (excluding diaryl/α,β-unsaturated/α-hetero) is 1. The maximum atomic E-state index is 12.3. The van der Waals surface area contributed by atoms with E-state index in [0.717, 1.165) is 5.56 Å². The van der Waals surface area contributed by atoms with Gasteiger partial charge in [-0.1, -0.05) is 11.8 Å². The summed E-state index contributed by atoms with van der Waals surface area (Å²) < 4.78 is 25.6. The van der Waals surface area contributed by atoms with Crippen LogP contribution in [0.5, 0.6) is 0 Å². The smallest absolute Gasteiger partial charge is 0.234 e. The molecule has 0 atom stereocenters. The lowest BCUT2D eigenvalue weighted by Crippen LogP contribution is -2.30. The molecule has 6 nitrogen and oxygen atoms in total. The highest BCUT2D eigenvalue weighted by molar-refractivity contribution is 7.99. The van der Waals surface area contributed by atoms with E-state index >= 15 is 0 Å². The molecule has 0 radical (unpaired) electrons. The van der Waals surface area contributed by atoms with Crippen LogP contribution in [-0.4, -0.2) is 42.2 Å². The van der Waals surface area contributed by atoms with E-state index in [-0.39, 0.29) is 17.3 Å². The number of nitrogens with zero attached hydrogens (tertiary/aromatic N) is 3. The summed E-state index contributed by atoms with van der Waals surface area (Å²) in [5, 5.41) is 0.562. The normalized spacial score (nSPS) is 13.8. The maximum absolute atomic E-state index is 12.3. The lowest BCUT2D eigenvalue weighted by Gasteiger charge is -2.18. The fraction of sp³-hybridized carbons (Fsp3) is 0.312. The molecule has 0 saturated heterocycles. The summed E-state index contributed by atoms with van der Waals surface area (Å²) >= 11 is 1.29. The molecule has 2 heterocycles. The largest absolute Gasteiger partial charge is 0.293 e. The summed E-state index contributed by atoms with van der Waals surface area (Å²) in [5.41, 5.74) is 2.18. The molecule has 0 aliphatic carbocycles. The molecule has 1 aromatic carbocycles. The van der Waals surface area contributed by atoms with Gasteiger partial charge in [-0.05, 0) is 43.2 Å². The Morgan fingerprint density at radius 2 is 2.04 bits per heavy atom. The van der Waals surface area contributed by atoms with E-state index in [1.165, 1.54) is 16.1 Å². The minimum Gasteiger partial charge on any atom is -0.293 e. The number of rotatable bonds is 6. The molecule has 2 aromatic rings. The van der Waals surface area contributed by atoms with Crippen molar-refractivity contribution in [2.75, 3.05) is 22.4 Å². The van der Waals surface area contributed by atoms with E-state index in [1.54, 1.807) is 43.6 Å². The quantitative estimate of drug-likeness (QED) is 0.444. The molecule has 1 aliphatic heterocycles. The van der Waals surface area contributed by atoms with Crippen molar-refractivity contribution in [3.8, 4) is 0 Å². The minimum absolute atomic E-state index is 0.0212. The van der Waals surface area contributed by atoms with Gasteiger partial charge in [0.25, 0.3) is 0 Å². The van der Waals surface area contributed by atoms with Gasteiger partial charge in [-0.2, -0.15) is 0 Å². The number of ketones is 1. The molecule has 24 heavy (non-hydrogen) atoms. The summed E-state index contributed by atoms with van der Waals surface area (Å²) in [6.45, 7) is 2.07. The molecule has 126 valence electrons. The molecule has 0 spiro atoms. The van der Waals surface area contributed by atoms with Gasteiger partial charge in [0.05, 0.1) is 17.2 Å². The first kappa shape index (κ1) is 16.9. The monoisotopic (exact) mass is 363 g/mol. The second kappa shape index (κ2) is 6.90. The van der Waals surface area contributed by atoms with Crippen LogP contribution in [0.2, 0.25) is 0 Å². The highest BCUT2D eigenvalue weighted by Gasteiger charge is 2.28. The van der Waals surface area contributed by atoms with Crippen LogP contribution in [0.4, 0.5) is 5.69 Å². The van der Waals surface area contributed by atoms with Crippen LogP contribution >= 0.6 is 11.8 Å². The summed E-state index contributed by atoms with van der Waals surface area (Å²) in [6, 6.07) is 6.95. The van der Waals surface area contributed by atoms with Gasteiger partial charge in [-0.15, -0.1) is 0 Å². The molecule has 0 unspecified atom stereocenters. The number of anilines is 1. The third-order valence-electron chi connectivity index (χ3n) is 3.83. The SMILES string of the molecule is CCS(=O)(=O)N1CCc2cc(C(=O)CSc3ncccn3)ccc21. The molecule has 0 amide bonds. The van der Waals surface area contributed by atoms with Crippen molar-refractivity contribution in [2.24, 2.45) is 0 Å². The van der Waals surface area contributed by atoms with Crippen molar-refractivity contribution >= 4 is 33.3 Å². The molecule has 8 heteroatoms. The van der Waals surface area contributed by atoms with Gasteiger partial charge in [0.2, 0.25) is 10.0 Å². The Balaban J connectivity index is 1.74. The zero-order valence-electron chi connectivity index (χ0n) is 13.2. The lowest BCUT2D eigenvalue weighted by atomic mass is 10.1. The van der Waals surface area contributed by atoms with Crippen molar-refractivity contribution in [3.05, 3.63) is 47.8 Å². The van der Waals surface area contributed by atoms with Crippen molar-refractivity contribution in [1.29, 1.82) is 0 Å². The zero-order chi connectivity index (χ0) is 17.2. The lowest BCUT2D eigenvalue weighted by molar-refractivity contribution is 0.102. The second-order valence-corrected chi connectivity index (χ2v) is 8.43. The first-order valence-corrected chi connectivity index (χ1v) is 10.2. The number of sulfonamides is 1. The van der Waals surface area contributed by atoms with Crippen LogP contribution in [0.15, 0.2) is 41.8 Å². The van der Waals surface area contributed by atoms with Gasteiger partial charge in [-0.3, -0.25) is 9.10 Å². The molecule has 0 fully saturated rings. The Hall–Kier alpha value is -1.93. The fourth-order valence-electron chi connectivity index (χ4n) is 2.56. The Kier molecular flexibility index (Phi) is 4.86. The molecular weight excluding hydrogens is 346 g/mol. The average molecular weight is 363 g/mol. The van der Waals surface area contributed by atoms with Gasteiger partial charge in [0, 0.05) is 24.5 Å². The first-order chi connectivity index (χ1) is 11.5. The van der Waals surface area contributed by atoms with Crippen LogP contribution in [-0.2, 0) is 16.4 Å². The molecule has 3 rings (SSSR count). The number of carbonyl (C=O) groups is 1. The number of benzene rings is 1. The highest BCUT2D eigenvalue weighted by atomic mass is 32.2. The molecule has 0 saturated carbocycles. The Morgan fingerprint density at radius 3 is 2.75 bits per heavy atom. The van der Waals surface area contributed by atoms with E-state index in [0.29, 0.717) is 29.4 Å². The molecule has 1 aromatic heterocycles. The summed E-state index contributed by atoms with van der Waals surface area (Å²) in [6.07, 6.45) is 3.90. The molecular formula is C16H17N3O3S2. The van der Waals surface area contributed by atoms with Crippen LogP contribution in [0.3, 0.4) is 0 Å². The van der Waals surface area contributed by atoms with E-state index < -0.39 is 10.0 Å². The van der Waals surface area contributed by atoms with Crippen LogP contribution in [0, 0.1) is 0 Å². The Morgan fingerprint density at radius 1 is 1.29 bits per heavy atom. The van der Waals surface area contributed by atoms with E-state index in [1.807, 2.05) is 0 Å². The predicted octanol–water partition coefficient (Wildman–Crippen LogP) is 2.16. The van der Waals surface area contributed by atoms with Crippen molar-refractivity contribution < 1.29 is 13.2 Å². The van der Waals surface area contributed by atoms with Crippen molar-refractivity contribution in [1.82, 2.24) is 9.97 Å².